The van der Waals surface area contributed by atoms with Crippen LogP contribution in [-0.2, 0) is 4.74 Å². The second-order valence-corrected chi connectivity index (χ2v) is 6.91. The first-order valence-corrected chi connectivity index (χ1v) is 9.47. The largest absolute Gasteiger partial charge is 0.449 e. The van der Waals surface area contributed by atoms with Crippen molar-refractivity contribution in [2.24, 2.45) is 0 Å². The number of ether oxygens (including phenoxy) is 1. The van der Waals surface area contributed by atoms with E-state index in [9.17, 15) is 4.79 Å². The molecule has 2 aromatic carbocycles. The average molecular weight is 391 g/mol. The number of hydrogen-bond donors (Lipinski definition) is 1. The van der Waals surface area contributed by atoms with E-state index in [2.05, 4.69) is 34.6 Å². The molecule has 0 aliphatic heterocycles. The molecule has 0 radical (unpaired) electrons. The first kappa shape index (κ1) is 18.3. The number of carbonyl (C=O) groups is 1. The molecule has 140 valence electrons. The van der Waals surface area contributed by atoms with Crippen molar-refractivity contribution in [3.05, 3.63) is 94.8 Å². The lowest BCUT2D eigenvalue weighted by atomic mass is 9.98. The van der Waals surface area contributed by atoms with Gasteiger partial charge >= 0.3 is 6.09 Å². The molecule has 1 aliphatic carbocycles. The van der Waals surface area contributed by atoms with Gasteiger partial charge in [-0.1, -0.05) is 78.4 Å². The number of fused-ring (bicyclic) bond motifs is 3. The standard InChI is InChI=1S/C23H19ClN2O2/c24-22-12-11-16(14-26-22)6-5-13-25-23(27)28-15-21-19-9-3-1-7-17(19)18-8-2-4-10-20(18)21/h1-12,14,21H,13,15H2,(H,25,27). The van der Waals surface area contributed by atoms with Crippen LogP contribution in [0.5, 0.6) is 0 Å². The molecule has 0 bridgehead atoms. The third kappa shape index (κ3) is 3.92. The molecule has 0 saturated carbocycles. The lowest BCUT2D eigenvalue weighted by Crippen LogP contribution is -2.26. The molecule has 1 amide bonds. The molecule has 3 aromatic rings. The van der Waals surface area contributed by atoms with Crippen LogP contribution in [0, 0.1) is 0 Å². The van der Waals surface area contributed by atoms with E-state index >= 15 is 0 Å². The zero-order valence-electron chi connectivity index (χ0n) is 15.1. The van der Waals surface area contributed by atoms with Crippen molar-refractivity contribution in [2.75, 3.05) is 13.2 Å². The summed E-state index contributed by atoms with van der Waals surface area (Å²) in [6.45, 7) is 0.685. The van der Waals surface area contributed by atoms with Crippen LogP contribution < -0.4 is 5.32 Å². The molecule has 28 heavy (non-hydrogen) atoms. The van der Waals surface area contributed by atoms with Gasteiger partial charge in [-0.05, 0) is 33.9 Å². The van der Waals surface area contributed by atoms with Gasteiger partial charge in [0.05, 0.1) is 0 Å². The van der Waals surface area contributed by atoms with Crippen molar-refractivity contribution in [1.82, 2.24) is 10.3 Å². The van der Waals surface area contributed by atoms with Gasteiger partial charge in [0.2, 0.25) is 0 Å². The van der Waals surface area contributed by atoms with E-state index in [1.165, 1.54) is 22.3 Å². The Bertz CT molecular complexity index is 970. The Labute approximate surface area is 168 Å². The SMILES string of the molecule is O=C(NCC=Cc1ccc(Cl)nc1)OCC1c2ccccc2-c2ccccc21. The highest BCUT2D eigenvalue weighted by molar-refractivity contribution is 6.29. The highest BCUT2D eigenvalue weighted by Crippen LogP contribution is 2.44. The van der Waals surface area contributed by atoms with E-state index in [1.807, 2.05) is 42.5 Å². The lowest BCUT2D eigenvalue weighted by Gasteiger charge is -2.14. The normalized spacial score (nSPS) is 12.6. The van der Waals surface area contributed by atoms with Crippen LogP contribution in [0.15, 0.2) is 72.9 Å². The molecule has 1 N–H and O–H groups in total. The van der Waals surface area contributed by atoms with Gasteiger partial charge in [0.25, 0.3) is 0 Å². The van der Waals surface area contributed by atoms with Crippen molar-refractivity contribution in [3.63, 3.8) is 0 Å². The van der Waals surface area contributed by atoms with E-state index < -0.39 is 6.09 Å². The molecular formula is C23H19ClN2O2. The summed E-state index contributed by atoms with van der Waals surface area (Å²) < 4.78 is 5.49. The number of carbonyl (C=O) groups excluding carboxylic acids is 1. The molecule has 0 fully saturated rings. The maximum atomic E-state index is 12.1. The first-order chi connectivity index (χ1) is 13.7. The Morgan fingerprint density at radius 1 is 1.04 bits per heavy atom. The minimum Gasteiger partial charge on any atom is -0.449 e. The summed E-state index contributed by atoms with van der Waals surface area (Å²) in [6.07, 6.45) is 4.95. The highest BCUT2D eigenvalue weighted by atomic mass is 35.5. The van der Waals surface area contributed by atoms with Gasteiger partial charge in [-0.2, -0.15) is 0 Å². The van der Waals surface area contributed by atoms with Gasteiger partial charge < -0.3 is 10.1 Å². The van der Waals surface area contributed by atoms with Crippen molar-refractivity contribution in [2.45, 2.75) is 5.92 Å². The Balaban J connectivity index is 1.33. The lowest BCUT2D eigenvalue weighted by molar-refractivity contribution is 0.144. The smallest absolute Gasteiger partial charge is 0.407 e. The van der Waals surface area contributed by atoms with E-state index in [-0.39, 0.29) is 5.92 Å². The van der Waals surface area contributed by atoms with Gasteiger partial charge in [0.15, 0.2) is 0 Å². The van der Waals surface area contributed by atoms with Crippen molar-refractivity contribution >= 4 is 23.8 Å². The van der Waals surface area contributed by atoms with Gasteiger partial charge in [0, 0.05) is 18.7 Å². The number of nitrogens with zero attached hydrogens (tertiary/aromatic N) is 1. The second-order valence-electron chi connectivity index (χ2n) is 6.52. The molecular weight excluding hydrogens is 372 g/mol. The Kier molecular flexibility index (Phi) is 5.40. The number of amides is 1. The van der Waals surface area contributed by atoms with E-state index in [4.69, 9.17) is 16.3 Å². The van der Waals surface area contributed by atoms with E-state index in [0.717, 1.165) is 5.56 Å². The van der Waals surface area contributed by atoms with Gasteiger partial charge in [-0.3, -0.25) is 0 Å². The summed E-state index contributed by atoms with van der Waals surface area (Å²) in [7, 11) is 0. The van der Waals surface area contributed by atoms with Crippen molar-refractivity contribution in [1.29, 1.82) is 0 Å². The number of halogens is 1. The Morgan fingerprint density at radius 2 is 1.71 bits per heavy atom. The number of rotatable bonds is 5. The van der Waals surface area contributed by atoms with Crippen molar-refractivity contribution in [3.8, 4) is 11.1 Å². The fourth-order valence-corrected chi connectivity index (χ4v) is 3.58. The Morgan fingerprint density at radius 3 is 2.36 bits per heavy atom. The summed E-state index contributed by atoms with van der Waals surface area (Å²) in [5.41, 5.74) is 5.75. The predicted octanol–water partition coefficient (Wildman–Crippen LogP) is 5.29. The third-order valence-electron chi connectivity index (χ3n) is 4.77. The molecule has 1 aromatic heterocycles. The average Bonchev–Trinajstić information content (AvgIpc) is 3.05. The van der Waals surface area contributed by atoms with Crippen LogP contribution in [-0.4, -0.2) is 24.2 Å². The second kappa shape index (κ2) is 8.28. The molecule has 0 saturated heterocycles. The maximum Gasteiger partial charge on any atom is 0.407 e. The molecule has 4 rings (SSSR count). The van der Waals surface area contributed by atoms with Gasteiger partial charge in [-0.25, -0.2) is 9.78 Å². The minimum absolute atomic E-state index is 0.0637. The quantitative estimate of drug-likeness (QED) is 0.602. The minimum atomic E-state index is -0.430. The fraction of sp³-hybridized carbons (Fsp3) is 0.130. The van der Waals surface area contributed by atoms with Crippen LogP contribution in [0.1, 0.15) is 22.6 Å². The highest BCUT2D eigenvalue weighted by Gasteiger charge is 2.28. The van der Waals surface area contributed by atoms with Crippen LogP contribution >= 0.6 is 11.6 Å². The van der Waals surface area contributed by atoms with Crippen LogP contribution in [0.4, 0.5) is 4.79 Å². The summed E-state index contributed by atoms with van der Waals surface area (Å²) in [5.74, 6) is 0.0637. The molecule has 0 spiro atoms. The molecule has 1 aliphatic rings. The van der Waals surface area contributed by atoms with E-state index in [0.29, 0.717) is 18.3 Å². The number of benzene rings is 2. The number of aromatic nitrogens is 1. The summed E-state index contributed by atoms with van der Waals surface area (Å²) in [6, 6.07) is 20.1. The zero-order chi connectivity index (χ0) is 19.3. The first-order valence-electron chi connectivity index (χ1n) is 9.09. The monoisotopic (exact) mass is 390 g/mol. The number of hydrogen-bond acceptors (Lipinski definition) is 3. The van der Waals surface area contributed by atoms with Crippen LogP contribution in [0.25, 0.3) is 17.2 Å². The zero-order valence-corrected chi connectivity index (χ0v) is 15.9. The van der Waals surface area contributed by atoms with Crippen LogP contribution in [0.2, 0.25) is 5.15 Å². The van der Waals surface area contributed by atoms with Gasteiger partial charge in [-0.15, -0.1) is 0 Å². The van der Waals surface area contributed by atoms with Gasteiger partial charge in [0.1, 0.15) is 11.8 Å². The molecule has 0 unspecified atom stereocenters. The maximum absolute atomic E-state index is 12.1. The van der Waals surface area contributed by atoms with Crippen molar-refractivity contribution < 1.29 is 9.53 Å². The fourth-order valence-electron chi connectivity index (χ4n) is 3.47. The third-order valence-corrected chi connectivity index (χ3v) is 4.99. The molecule has 4 nitrogen and oxygen atoms in total. The molecule has 1 heterocycles. The number of pyridine rings is 1. The molecule has 5 heteroatoms. The Hall–Kier alpha value is -3.11. The topological polar surface area (TPSA) is 51.2 Å². The van der Waals surface area contributed by atoms with E-state index in [1.54, 1.807) is 12.3 Å². The summed E-state index contributed by atoms with van der Waals surface area (Å²) in [4.78, 5) is 16.1. The predicted molar refractivity (Wildman–Crippen MR) is 111 cm³/mol. The summed E-state index contributed by atoms with van der Waals surface area (Å²) >= 11 is 5.76. The number of alkyl carbamates (subject to hydrolysis) is 1. The molecule has 0 atom stereocenters. The van der Waals surface area contributed by atoms with Crippen LogP contribution in [0.3, 0.4) is 0 Å². The number of nitrogens with one attached hydrogen (secondary N) is 1. The summed E-state index contributed by atoms with van der Waals surface area (Å²) in [5, 5.41) is 3.19.